The predicted molar refractivity (Wildman–Crippen MR) is 82.2 cm³/mol. The Morgan fingerprint density at radius 3 is 2.59 bits per heavy atom. The third-order valence-electron chi connectivity index (χ3n) is 3.33. The van der Waals surface area contributed by atoms with Crippen LogP contribution in [-0.2, 0) is 6.18 Å². The molecular formula is C14H15F3N4S. The van der Waals surface area contributed by atoms with E-state index in [0.717, 1.165) is 38.1 Å². The molecule has 118 valence electrons. The summed E-state index contributed by atoms with van der Waals surface area (Å²) in [6, 6.07) is 3.56. The van der Waals surface area contributed by atoms with Crippen LogP contribution in [0.4, 0.5) is 24.5 Å². The molecular weight excluding hydrogens is 313 g/mol. The summed E-state index contributed by atoms with van der Waals surface area (Å²) < 4.78 is 38.7. The first-order valence-electron chi connectivity index (χ1n) is 6.69. The number of thioether (sulfide) groups is 1. The van der Waals surface area contributed by atoms with Crippen molar-refractivity contribution in [3.8, 4) is 6.19 Å². The minimum atomic E-state index is -4.42. The number of amidine groups is 1. The number of nitriles is 1. The van der Waals surface area contributed by atoms with Gasteiger partial charge < -0.3 is 4.90 Å². The van der Waals surface area contributed by atoms with Gasteiger partial charge in [0.15, 0.2) is 11.4 Å². The summed E-state index contributed by atoms with van der Waals surface area (Å²) in [6.45, 7) is 1.60. The Labute approximate surface area is 131 Å². The summed E-state index contributed by atoms with van der Waals surface area (Å²) in [5.74, 6) is 0. The Hall–Kier alpha value is -1.88. The van der Waals surface area contributed by atoms with E-state index < -0.39 is 11.7 Å². The van der Waals surface area contributed by atoms with Gasteiger partial charge in [0.05, 0.1) is 16.9 Å². The minimum Gasteiger partial charge on any atom is -0.370 e. The Balaban J connectivity index is 2.47. The molecule has 1 heterocycles. The third-order valence-corrected chi connectivity index (χ3v) is 3.91. The van der Waals surface area contributed by atoms with E-state index in [-0.39, 0.29) is 10.9 Å². The third kappa shape index (κ3) is 3.85. The summed E-state index contributed by atoms with van der Waals surface area (Å²) in [5.41, 5.74) is 0.146. The number of alkyl halides is 3. The molecule has 1 aliphatic rings. The van der Waals surface area contributed by atoms with Crippen molar-refractivity contribution >= 4 is 28.3 Å². The molecule has 2 rings (SSSR count). The number of hydrogen-bond donors (Lipinski definition) is 1. The lowest BCUT2D eigenvalue weighted by molar-refractivity contribution is -0.137. The standard InChI is InChI=1S/C14H15F3N4S/c1-22-13(19-9-18)20-11-8-10(14(15,16)17)4-5-12(11)21-6-2-3-7-21/h4-5,8H,2-3,6-7H2,1H3,(H,19,20). The van der Waals surface area contributed by atoms with Crippen molar-refractivity contribution < 1.29 is 13.2 Å². The van der Waals surface area contributed by atoms with Crippen molar-refractivity contribution in [2.45, 2.75) is 19.0 Å². The summed E-state index contributed by atoms with van der Waals surface area (Å²) in [6.07, 6.45) is 1.04. The number of hydrogen-bond acceptors (Lipinski definition) is 4. The lowest BCUT2D eigenvalue weighted by atomic mass is 10.1. The number of anilines is 1. The topological polar surface area (TPSA) is 51.4 Å². The molecule has 0 radical (unpaired) electrons. The molecule has 0 saturated carbocycles. The van der Waals surface area contributed by atoms with Crippen molar-refractivity contribution in [1.29, 1.82) is 5.26 Å². The minimum absolute atomic E-state index is 0.226. The molecule has 0 aromatic heterocycles. The Morgan fingerprint density at radius 1 is 1.36 bits per heavy atom. The van der Waals surface area contributed by atoms with E-state index >= 15 is 0 Å². The van der Waals surface area contributed by atoms with Crippen molar-refractivity contribution in [2.24, 2.45) is 4.99 Å². The van der Waals surface area contributed by atoms with Crippen LogP contribution in [-0.4, -0.2) is 24.5 Å². The van der Waals surface area contributed by atoms with Gasteiger partial charge in [-0.1, -0.05) is 11.8 Å². The molecule has 0 aliphatic carbocycles. The van der Waals surface area contributed by atoms with Crippen molar-refractivity contribution in [2.75, 3.05) is 24.2 Å². The zero-order valence-corrected chi connectivity index (χ0v) is 12.8. The van der Waals surface area contributed by atoms with E-state index in [9.17, 15) is 13.2 Å². The molecule has 0 unspecified atom stereocenters. The second-order valence-electron chi connectivity index (χ2n) is 4.75. The number of halogens is 3. The highest BCUT2D eigenvalue weighted by Crippen LogP contribution is 2.38. The highest BCUT2D eigenvalue weighted by atomic mass is 32.2. The van der Waals surface area contributed by atoms with Crippen LogP contribution in [0.1, 0.15) is 18.4 Å². The van der Waals surface area contributed by atoms with Crippen molar-refractivity contribution in [3.05, 3.63) is 23.8 Å². The van der Waals surface area contributed by atoms with Gasteiger partial charge in [0, 0.05) is 13.1 Å². The number of rotatable bonds is 2. The highest BCUT2D eigenvalue weighted by Gasteiger charge is 2.31. The molecule has 1 N–H and O–H groups in total. The number of nitrogens with zero attached hydrogens (tertiary/aromatic N) is 3. The number of nitrogens with one attached hydrogen (secondary N) is 1. The normalized spacial score (nSPS) is 15.8. The fraction of sp³-hybridized carbons (Fsp3) is 0.429. The largest absolute Gasteiger partial charge is 0.416 e. The first-order valence-corrected chi connectivity index (χ1v) is 7.92. The summed E-state index contributed by atoms with van der Waals surface area (Å²) in [7, 11) is 0. The maximum Gasteiger partial charge on any atom is 0.416 e. The van der Waals surface area contributed by atoms with Gasteiger partial charge in [-0.25, -0.2) is 4.99 Å². The molecule has 1 saturated heterocycles. The molecule has 22 heavy (non-hydrogen) atoms. The van der Waals surface area contributed by atoms with E-state index in [2.05, 4.69) is 10.3 Å². The number of aliphatic imine (C=N–C) groups is 1. The fourth-order valence-electron chi connectivity index (χ4n) is 2.30. The molecule has 1 aliphatic heterocycles. The van der Waals surface area contributed by atoms with Crippen LogP contribution in [0.3, 0.4) is 0 Å². The maximum atomic E-state index is 12.9. The van der Waals surface area contributed by atoms with E-state index in [1.807, 2.05) is 4.90 Å². The van der Waals surface area contributed by atoms with E-state index in [0.29, 0.717) is 5.69 Å². The van der Waals surface area contributed by atoms with Crippen LogP contribution in [0.25, 0.3) is 0 Å². The van der Waals surface area contributed by atoms with Crippen LogP contribution in [0.5, 0.6) is 0 Å². The van der Waals surface area contributed by atoms with Gasteiger partial charge in [-0.15, -0.1) is 0 Å². The van der Waals surface area contributed by atoms with Crippen LogP contribution < -0.4 is 10.2 Å². The van der Waals surface area contributed by atoms with Gasteiger partial charge >= 0.3 is 6.18 Å². The Morgan fingerprint density at radius 2 is 2.05 bits per heavy atom. The van der Waals surface area contributed by atoms with Crippen LogP contribution in [0.15, 0.2) is 23.2 Å². The zero-order chi connectivity index (χ0) is 16.2. The average molecular weight is 328 g/mol. The van der Waals surface area contributed by atoms with Gasteiger partial charge in [-0.2, -0.15) is 18.4 Å². The number of benzene rings is 1. The molecule has 0 bridgehead atoms. The fourth-order valence-corrected chi connectivity index (χ4v) is 2.63. The van der Waals surface area contributed by atoms with Crippen LogP contribution >= 0.6 is 11.8 Å². The Bertz CT molecular complexity index is 601. The highest BCUT2D eigenvalue weighted by molar-refractivity contribution is 8.13. The molecule has 0 amide bonds. The van der Waals surface area contributed by atoms with Gasteiger partial charge in [-0.05, 0) is 37.3 Å². The molecule has 4 nitrogen and oxygen atoms in total. The second kappa shape index (κ2) is 6.92. The van der Waals surface area contributed by atoms with Crippen molar-refractivity contribution in [1.82, 2.24) is 5.32 Å². The van der Waals surface area contributed by atoms with Gasteiger partial charge in [0.1, 0.15) is 0 Å². The summed E-state index contributed by atoms with van der Waals surface area (Å²) >= 11 is 1.17. The molecule has 0 spiro atoms. The summed E-state index contributed by atoms with van der Waals surface area (Å²) in [5, 5.41) is 11.3. The monoisotopic (exact) mass is 328 g/mol. The lowest BCUT2D eigenvalue weighted by Gasteiger charge is -2.21. The van der Waals surface area contributed by atoms with Gasteiger partial charge in [0.25, 0.3) is 0 Å². The lowest BCUT2D eigenvalue weighted by Crippen LogP contribution is -2.19. The molecule has 8 heteroatoms. The van der Waals surface area contributed by atoms with E-state index in [1.165, 1.54) is 17.8 Å². The SMILES string of the molecule is CSC(=Nc1cc(C(F)(F)F)ccc1N1CCCC1)NC#N. The summed E-state index contributed by atoms with van der Waals surface area (Å²) in [4.78, 5) is 6.21. The average Bonchev–Trinajstić information content (AvgIpc) is 2.99. The molecule has 1 fully saturated rings. The smallest absolute Gasteiger partial charge is 0.370 e. The quantitative estimate of drug-likeness (QED) is 0.389. The van der Waals surface area contributed by atoms with Gasteiger partial charge in [-0.3, -0.25) is 5.32 Å². The maximum absolute atomic E-state index is 12.9. The first-order chi connectivity index (χ1) is 10.5. The Kier molecular flexibility index (Phi) is 5.19. The second-order valence-corrected chi connectivity index (χ2v) is 5.55. The molecule has 0 atom stereocenters. The molecule has 1 aromatic rings. The van der Waals surface area contributed by atoms with E-state index in [4.69, 9.17) is 5.26 Å². The van der Waals surface area contributed by atoms with Gasteiger partial charge in [0.2, 0.25) is 0 Å². The van der Waals surface area contributed by atoms with Crippen LogP contribution in [0, 0.1) is 11.5 Å². The van der Waals surface area contributed by atoms with E-state index in [1.54, 1.807) is 12.4 Å². The molecule has 1 aromatic carbocycles. The van der Waals surface area contributed by atoms with Crippen LogP contribution in [0.2, 0.25) is 0 Å². The zero-order valence-electron chi connectivity index (χ0n) is 11.9. The van der Waals surface area contributed by atoms with Crippen molar-refractivity contribution in [3.63, 3.8) is 0 Å². The predicted octanol–water partition coefficient (Wildman–Crippen LogP) is 3.73. The first kappa shape index (κ1) is 16.5.